The first-order chi connectivity index (χ1) is 14.3. The highest BCUT2D eigenvalue weighted by Crippen LogP contribution is 2.19. The van der Waals surface area contributed by atoms with Gasteiger partial charge in [0.05, 0.1) is 5.56 Å². The van der Waals surface area contributed by atoms with E-state index < -0.39 is 0 Å². The van der Waals surface area contributed by atoms with Crippen LogP contribution in [0.2, 0.25) is 0 Å². The van der Waals surface area contributed by atoms with Gasteiger partial charge in [-0.2, -0.15) is 0 Å². The molecule has 1 atom stereocenters. The fourth-order valence-electron chi connectivity index (χ4n) is 3.81. The van der Waals surface area contributed by atoms with Crippen molar-refractivity contribution in [2.24, 2.45) is 0 Å². The van der Waals surface area contributed by atoms with Crippen LogP contribution >= 0.6 is 0 Å². The molecule has 0 aliphatic carbocycles. The standard InChI is InChI=1S/C24H26N4O/c29-24(21-15-25-23(26-16-21)20-11-5-2-6-12-20)27-17-22-13-7-8-14-28(22)18-19-9-3-1-4-10-19/h1-6,9-12,15-16,22H,7-8,13-14,17-18H2,(H,27,29). The van der Waals surface area contributed by atoms with E-state index in [4.69, 9.17) is 0 Å². The molecule has 1 aliphatic rings. The molecule has 148 valence electrons. The monoisotopic (exact) mass is 386 g/mol. The van der Waals surface area contributed by atoms with Gasteiger partial charge in [0, 0.05) is 37.1 Å². The first-order valence-electron chi connectivity index (χ1n) is 10.2. The molecule has 1 aliphatic heterocycles. The number of likely N-dealkylation sites (tertiary alicyclic amines) is 1. The Morgan fingerprint density at radius 1 is 0.966 bits per heavy atom. The van der Waals surface area contributed by atoms with Crippen LogP contribution in [0.1, 0.15) is 35.2 Å². The van der Waals surface area contributed by atoms with Gasteiger partial charge in [0.25, 0.3) is 5.91 Å². The van der Waals surface area contributed by atoms with E-state index in [0.29, 0.717) is 24.0 Å². The Balaban J connectivity index is 1.35. The molecule has 3 aromatic rings. The SMILES string of the molecule is O=C(NCC1CCCCN1Cc1ccccc1)c1cnc(-c2ccccc2)nc1. The normalized spacial score (nSPS) is 17.0. The van der Waals surface area contributed by atoms with Crippen molar-refractivity contribution in [3.8, 4) is 11.4 Å². The van der Waals surface area contributed by atoms with E-state index in [-0.39, 0.29) is 5.91 Å². The van der Waals surface area contributed by atoms with Crippen molar-refractivity contribution in [1.82, 2.24) is 20.2 Å². The predicted molar refractivity (Wildman–Crippen MR) is 114 cm³/mol. The molecule has 0 spiro atoms. The van der Waals surface area contributed by atoms with Crippen molar-refractivity contribution < 1.29 is 4.79 Å². The third-order valence-electron chi connectivity index (χ3n) is 5.42. The van der Waals surface area contributed by atoms with Gasteiger partial charge in [-0.25, -0.2) is 9.97 Å². The van der Waals surface area contributed by atoms with E-state index in [1.165, 1.54) is 18.4 Å². The smallest absolute Gasteiger partial charge is 0.254 e. The summed E-state index contributed by atoms with van der Waals surface area (Å²) >= 11 is 0. The lowest BCUT2D eigenvalue weighted by Gasteiger charge is -2.35. The molecule has 1 N–H and O–H groups in total. The summed E-state index contributed by atoms with van der Waals surface area (Å²) in [6.07, 6.45) is 6.74. The van der Waals surface area contributed by atoms with Crippen molar-refractivity contribution >= 4 is 5.91 Å². The van der Waals surface area contributed by atoms with Crippen LogP contribution in [-0.4, -0.2) is 39.9 Å². The first kappa shape index (κ1) is 19.3. The molecule has 5 heteroatoms. The number of piperidine rings is 1. The van der Waals surface area contributed by atoms with Crippen molar-refractivity contribution in [1.29, 1.82) is 0 Å². The Labute approximate surface area is 171 Å². The van der Waals surface area contributed by atoms with Gasteiger partial charge in [0.2, 0.25) is 0 Å². The Bertz CT molecular complexity index is 913. The summed E-state index contributed by atoms with van der Waals surface area (Å²) in [5.74, 6) is 0.512. The van der Waals surface area contributed by atoms with Crippen molar-refractivity contribution in [3.63, 3.8) is 0 Å². The van der Waals surface area contributed by atoms with Crippen LogP contribution in [0.5, 0.6) is 0 Å². The highest BCUT2D eigenvalue weighted by molar-refractivity contribution is 5.93. The van der Waals surface area contributed by atoms with Gasteiger partial charge >= 0.3 is 0 Å². The number of rotatable bonds is 6. The molecule has 1 aromatic heterocycles. The lowest BCUT2D eigenvalue weighted by Crippen LogP contribution is -2.46. The molecule has 0 saturated carbocycles. The summed E-state index contributed by atoms with van der Waals surface area (Å²) in [7, 11) is 0. The van der Waals surface area contributed by atoms with Crippen LogP contribution in [0, 0.1) is 0 Å². The zero-order chi connectivity index (χ0) is 19.9. The maximum absolute atomic E-state index is 12.6. The van der Waals surface area contributed by atoms with Gasteiger partial charge in [-0.05, 0) is 24.9 Å². The molecule has 5 nitrogen and oxygen atoms in total. The van der Waals surface area contributed by atoms with E-state index in [2.05, 4.69) is 44.5 Å². The predicted octanol–water partition coefficient (Wildman–Crippen LogP) is 3.93. The van der Waals surface area contributed by atoms with E-state index in [9.17, 15) is 4.79 Å². The summed E-state index contributed by atoms with van der Waals surface area (Å²) in [6, 6.07) is 20.7. The minimum absolute atomic E-state index is 0.116. The van der Waals surface area contributed by atoms with Crippen LogP contribution in [0.15, 0.2) is 73.1 Å². The molecule has 4 rings (SSSR count). The van der Waals surface area contributed by atoms with Crippen LogP contribution in [0.25, 0.3) is 11.4 Å². The van der Waals surface area contributed by atoms with Gasteiger partial charge in [0.1, 0.15) is 0 Å². The first-order valence-corrected chi connectivity index (χ1v) is 10.2. The Kier molecular flexibility index (Phi) is 6.27. The maximum Gasteiger partial charge on any atom is 0.254 e. The van der Waals surface area contributed by atoms with Gasteiger partial charge in [-0.3, -0.25) is 9.69 Å². The average molecular weight is 386 g/mol. The lowest BCUT2D eigenvalue weighted by atomic mass is 10.0. The minimum Gasteiger partial charge on any atom is -0.350 e. The summed E-state index contributed by atoms with van der Waals surface area (Å²) < 4.78 is 0. The second kappa shape index (κ2) is 9.43. The number of amides is 1. The summed E-state index contributed by atoms with van der Waals surface area (Å²) in [5.41, 5.74) is 2.75. The molecule has 0 bridgehead atoms. The highest BCUT2D eigenvalue weighted by atomic mass is 16.1. The second-order valence-electron chi connectivity index (χ2n) is 7.48. The largest absolute Gasteiger partial charge is 0.350 e. The van der Waals surface area contributed by atoms with Crippen LogP contribution in [0.3, 0.4) is 0 Å². The number of hydrogen-bond acceptors (Lipinski definition) is 4. The number of nitrogens with one attached hydrogen (secondary N) is 1. The molecule has 0 radical (unpaired) electrons. The Hall–Kier alpha value is -3.05. The van der Waals surface area contributed by atoms with Gasteiger partial charge in [-0.1, -0.05) is 67.1 Å². The third kappa shape index (κ3) is 5.06. The fourth-order valence-corrected chi connectivity index (χ4v) is 3.81. The van der Waals surface area contributed by atoms with Gasteiger partial charge < -0.3 is 5.32 Å². The number of carbonyl (C=O) groups excluding carboxylic acids is 1. The zero-order valence-electron chi connectivity index (χ0n) is 16.5. The maximum atomic E-state index is 12.6. The third-order valence-corrected chi connectivity index (χ3v) is 5.42. The van der Waals surface area contributed by atoms with E-state index >= 15 is 0 Å². The number of nitrogens with zero attached hydrogens (tertiary/aromatic N) is 3. The second-order valence-corrected chi connectivity index (χ2v) is 7.48. The molecule has 1 unspecified atom stereocenters. The number of benzene rings is 2. The van der Waals surface area contributed by atoms with Crippen molar-refractivity contribution in [2.75, 3.05) is 13.1 Å². The number of carbonyl (C=O) groups is 1. The topological polar surface area (TPSA) is 58.1 Å². The molecule has 29 heavy (non-hydrogen) atoms. The van der Waals surface area contributed by atoms with E-state index in [1.807, 2.05) is 36.4 Å². The van der Waals surface area contributed by atoms with Crippen LogP contribution < -0.4 is 5.32 Å². The molecular formula is C24H26N4O. The Morgan fingerprint density at radius 2 is 1.66 bits per heavy atom. The number of hydrogen-bond donors (Lipinski definition) is 1. The highest BCUT2D eigenvalue weighted by Gasteiger charge is 2.23. The average Bonchev–Trinajstić information content (AvgIpc) is 2.80. The molecule has 2 aromatic carbocycles. The summed E-state index contributed by atoms with van der Waals surface area (Å²) in [4.78, 5) is 23.8. The van der Waals surface area contributed by atoms with Crippen LogP contribution in [-0.2, 0) is 6.54 Å². The molecule has 1 fully saturated rings. The fraction of sp³-hybridized carbons (Fsp3) is 0.292. The summed E-state index contributed by atoms with van der Waals surface area (Å²) in [5, 5.41) is 3.08. The lowest BCUT2D eigenvalue weighted by molar-refractivity contribution is 0.0907. The van der Waals surface area contributed by atoms with Gasteiger partial charge in [0.15, 0.2) is 5.82 Å². The number of aromatic nitrogens is 2. The molecule has 2 heterocycles. The van der Waals surface area contributed by atoms with Gasteiger partial charge in [-0.15, -0.1) is 0 Å². The van der Waals surface area contributed by atoms with Crippen LogP contribution in [0.4, 0.5) is 0 Å². The summed E-state index contributed by atoms with van der Waals surface area (Å²) in [6.45, 7) is 2.65. The Morgan fingerprint density at radius 3 is 2.38 bits per heavy atom. The van der Waals surface area contributed by atoms with Crippen molar-refractivity contribution in [3.05, 3.63) is 84.2 Å². The zero-order valence-corrected chi connectivity index (χ0v) is 16.5. The minimum atomic E-state index is -0.116. The molecular weight excluding hydrogens is 360 g/mol. The molecule has 1 amide bonds. The van der Waals surface area contributed by atoms with E-state index in [0.717, 1.165) is 25.1 Å². The quantitative estimate of drug-likeness (QED) is 0.697. The van der Waals surface area contributed by atoms with E-state index in [1.54, 1.807) is 12.4 Å². The molecule has 1 saturated heterocycles. The van der Waals surface area contributed by atoms with Crippen molar-refractivity contribution in [2.45, 2.75) is 31.8 Å².